The van der Waals surface area contributed by atoms with Crippen molar-refractivity contribution in [3.8, 4) is 5.82 Å². The zero-order valence-corrected chi connectivity index (χ0v) is 18.7. The Morgan fingerprint density at radius 2 is 2.12 bits per heavy atom. The number of aliphatic hydroxyl groups is 1. The van der Waals surface area contributed by atoms with Crippen molar-refractivity contribution in [3.05, 3.63) is 64.8 Å². The number of aryl methyl sites for hydroxylation is 1. The molecular weight excluding hydrogens is 430 g/mol. The summed E-state index contributed by atoms with van der Waals surface area (Å²) in [6.07, 6.45) is 6.00. The van der Waals surface area contributed by atoms with Crippen LogP contribution in [0.25, 0.3) is 5.82 Å². The van der Waals surface area contributed by atoms with E-state index in [9.17, 15) is 5.11 Å². The van der Waals surface area contributed by atoms with Crippen LogP contribution in [0.5, 0.6) is 0 Å². The van der Waals surface area contributed by atoms with E-state index in [4.69, 9.17) is 22.1 Å². The first-order valence-electron chi connectivity index (χ1n) is 10.7. The van der Waals surface area contributed by atoms with Gasteiger partial charge in [0.25, 0.3) is 0 Å². The molecule has 5 N–H and O–H groups in total. The Morgan fingerprint density at radius 3 is 2.88 bits per heavy atom. The van der Waals surface area contributed by atoms with Gasteiger partial charge in [-0.2, -0.15) is 4.98 Å². The van der Waals surface area contributed by atoms with Gasteiger partial charge in [-0.15, -0.1) is 0 Å². The molecular formula is C22H28ClN7O2. The van der Waals surface area contributed by atoms with Gasteiger partial charge >= 0.3 is 0 Å². The molecule has 1 aliphatic heterocycles. The van der Waals surface area contributed by atoms with Crippen molar-refractivity contribution < 1.29 is 9.84 Å². The molecule has 1 fully saturated rings. The monoisotopic (exact) mass is 457 g/mol. The van der Waals surface area contributed by atoms with Gasteiger partial charge in [-0.1, -0.05) is 23.7 Å². The number of nitrogens with one attached hydrogen (secondary N) is 2. The number of nitrogens with zero attached hydrogens (tertiary/aromatic N) is 4. The lowest BCUT2D eigenvalue weighted by Crippen LogP contribution is -2.31. The molecule has 1 saturated heterocycles. The van der Waals surface area contributed by atoms with Crippen molar-refractivity contribution in [2.45, 2.75) is 38.1 Å². The highest BCUT2D eigenvalue weighted by Gasteiger charge is 2.19. The summed E-state index contributed by atoms with van der Waals surface area (Å²) in [6, 6.07) is 7.42. The van der Waals surface area contributed by atoms with E-state index in [1.807, 2.05) is 25.1 Å². The van der Waals surface area contributed by atoms with Gasteiger partial charge in [0.2, 0.25) is 5.95 Å². The summed E-state index contributed by atoms with van der Waals surface area (Å²) in [5.74, 6) is 1.27. The van der Waals surface area contributed by atoms with Crippen LogP contribution in [0.2, 0.25) is 5.02 Å². The number of hydrogen-bond donors (Lipinski definition) is 4. The number of ether oxygens (including phenoxy) is 1. The Morgan fingerprint density at radius 1 is 1.31 bits per heavy atom. The largest absolute Gasteiger partial charge is 0.381 e. The van der Waals surface area contributed by atoms with Crippen LogP contribution in [0.15, 0.2) is 43.0 Å². The van der Waals surface area contributed by atoms with Gasteiger partial charge in [0.05, 0.1) is 0 Å². The van der Waals surface area contributed by atoms with Crippen LogP contribution in [-0.4, -0.2) is 50.4 Å². The molecule has 3 aromatic rings. The molecule has 4 rings (SSSR count). The smallest absolute Gasteiger partial charge is 0.224 e. The van der Waals surface area contributed by atoms with E-state index in [-0.39, 0.29) is 6.04 Å². The van der Waals surface area contributed by atoms with Crippen molar-refractivity contribution in [3.63, 3.8) is 0 Å². The molecule has 0 spiro atoms. The number of rotatable bonds is 8. The molecule has 2 aromatic heterocycles. The normalized spacial score (nSPS) is 16.6. The molecule has 0 aliphatic carbocycles. The highest BCUT2D eigenvalue weighted by molar-refractivity contribution is 6.30. The topological polar surface area (TPSA) is 123 Å². The van der Waals surface area contributed by atoms with Crippen molar-refractivity contribution in [2.24, 2.45) is 5.73 Å². The second kappa shape index (κ2) is 10.4. The van der Waals surface area contributed by atoms with Crippen LogP contribution in [-0.2, 0) is 4.74 Å². The maximum Gasteiger partial charge on any atom is 0.224 e. The van der Waals surface area contributed by atoms with Gasteiger partial charge in [-0.25, -0.2) is 9.97 Å². The summed E-state index contributed by atoms with van der Waals surface area (Å²) < 4.78 is 7.19. The van der Waals surface area contributed by atoms with Gasteiger partial charge in [-0.05, 0) is 37.5 Å². The molecule has 2 atom stereocenters. The molecule has 3 heterocycles. The number of nitrogens with two attached hydrogens (primary N) is 1. The first-order chi connectivity index (χ1) is 15.5. The first-order valence-corrected chi connectivity index (χ1v) is 11.0. The maximum absolute atomic E-state index is 10.7. The van der Waals surface area contributed by atoms with Crippen LogP contribution in [0.3, 0.4) is 0 Å². The third-order valence-electron chi connectivity index (χ3n) is 5.47. The van der Waals surface area contributed by atoms with Crippen molar-refractivity contribution in [2.75, 3.05) is 25.1 Å². The second-order valence-electron chi connectivity index (χ2n) is 7.85. The van der Waals surface area contributed by atoms with Gasteiger partial charge in [0.1, 0.15) is 24.1 Å². The van der Waals surface area contributed by atoms with Gasteiger partial charge in [0.15, 0.2) is 0 Å². The lowest BCUT2D eigenvalue weighted by atomic mass is 10.1. The molecule has 32 heavy (non-hydrogen) atoms. The van der Waals surface area contributed by atoms with E-state index in [0.717, 1.165) is 37.2 Å². The Bertz CT molecular complexity index is 1040. The molecule has 0 amide bonds. The van der Waals surface area contributed by atoms with E-state index in [1.54, 1.807) is 29.4 Å². The minimum absolute atomic E-state index is 0.273. The average Bonchev–Trinajstić information content (AvgIpc) is 3.29. The molecule has 10 heteroatoms. The quantitative estimate of drug-likeness (QED) is 0.380. The summed E-state index contributed by atoms with van der Waals surface area (Å²) in [6.45, 7) is 3.71. The van der Waals surface area contributed by atoms with Gasteiger partial charge in [-0.3, -0.25) is 9.88 Å². The summed E-state index contributed by atoms with van der Waals surface area (Å²) in [5, 5.41) is 17.8. The first kappa shape index (κ1) is 22.6. The number of imidazole rings is 1. The molecule has 0 saturated carbocycles. The minimum Gasteiger partial charge on any atom is -0.381 e. The predicted octanol–water partition coefficient (Wildman–Crippen LogP) is 2.50. The Balaban J connectivity index is 1.48. The number of halogens is 1. The number of hydrogen-bond acceptors (Lipinski definition) is 8. The standard InChI is InChI=1S/C22H28ClN7O2/c1-14-11-25-22(27-17-5-7-32-8-6-17)29-20(14)30-12-19(26-13-30)21(31)28-18(10-24)15-3-2-4-16(23)9-15/h2-4,9,11-13,17-18,21,28,31H,5-8,10,24H2,1H3,(H,25,27,29)/t18-,21?/m1/s1. The van der Waals surface area contributed by atoms with E-state index in [2.05, 4.69) is 25.6 Å². The fourth-order valence-corrected chi connectivity index (χ4v) is 3.88. The van der Waals surface area contributed by atoms with E-state index < -0.39 is 6.23 Å². The molecule has 170 valence electrons. The van der Waals surface area contributed by atoms with E-state index >= 15 is 0 Å². The summed E-state index contributed by atoms with van der Waals surface area (Å²) in [7, 11) is 0. The van der Waals surface area contributed by atoms with Crippen LogP contribution < -0.4 is 16.4 Å². The highest BCUT2D eigenvalue weighted by Crippen LogP contribution is 2.21. The fourth-order valence-electron chi connectivity index (χ4n) is 3.68. The van der Waals surface area contributed by atoms with Gasteiger partial charge in [0, 0.05) is 54.8 Å². The third kappa shape index (κ3) is 5.43. The summed E-state index contributed by atoms with van der Waals surface area (Å²) >= 11 is 6.09. The number of aliphatic hydroxyl groups excluding tert-OH is 1. The number of anilines is 1. The van der Waals surface area contributed by atoms with Crippen molar-refractivity contribution in [1.29, 1.82) is 0 Å². The zero-order valence-electron chi connectivity index (χ0n) is 17.9. The van der Waals surface area contributed by atoms with Crippen LogP contribution in [0.4, 0.5) is 5.95 Å². The van der Waals surface area contributed by atoms with Crippen LogP contribution >= 0.6 is 11.6 Å². The Hall–Kier alpha value is -2.56. The predicted molar refractivity (Wildman–Crippen MR) is 123 cm³/mol. The van der Waals surface area contributed by atoms with E-state index in [1.165, 1.54) is 0 Å². The molecule has 1 unspecified atom stereocenters. The second-order valence-corrected chi connectivity index (χ2v) is 8.29. The lowest BCUT2D eigenvalue weighted by Gasteiger charge is -2.23. The zero-order chi connectivity index (χ0) is 22.5. The molecule has 1 aliphatic rings. The third-order valence-corrected chi connectivity index (χ3v) is 5.71. The minimum atomic E-state index is -1.01. The molecule has 1 aromatic carbocycles. The average molecular weight is 458 g/mol. The summed E-state index contributed by atoms with van der Waals surface area (Å²) in [4.78, 5) is 13.4. The Kier molecular flexibility index (Phi) is 7.33. The SMILES string of the molecule is Cc1cnc(NC2CCOCC2)nc1-n1cnc(C(O)N[C@H](CN)c2cccc(Cl)c2)c1. The fraction of sp³-hybridized carbons (Fsp3) is 0.409. The highest BCUT2D eigenvalue weighted by atomic mass is 35.5. The summed E-state index contributed by atoms with van der Waals surface area (Å²) in [5.41, 5.74) is 8.17. The molecule has 9 nitrogen and oxygen atoms in total. The van der Waals surface area contributed by atoms with E-state index in [0.29, 0.717) is 35.1 Å². The van der Waals surface area contributed by atoms with Crippen molar-refractivity contribution >= 4 is 17.5 Å². The number of benzene rings is 1. The van der Waals surface area contributed by atoms with Gasteiger partial charge < -0.3 is 20.9 Å². The van der Waals surface area contributed by atoms with Crippen LogP contribution in [0.1, 0.15) is 41.9 Å². The molecule has 0 bridgehead atoms. The molecule has 0 radical (unpaired) electrons. The Labute approximate surface area is 192 Å². The van der Waals surface area contributed by atoms with Crippen molar-refractivity contribution in [1.82, 2.24) is 24.8 Å². The lowest BCUT2D eigenvalue weighted by molar-refractivity contribution is 0.0903. The maximum atomic E-state index is 10.7. The van der Waals surface area contributed by atoms with Crippen LogP contribution in [0, 0.1) is 6.92 Å². The number of aromatic nitrogens is 4.